The summed E-state index contributed by atoms with van der Waals surface area (Å²) in [7, 11) is -4.13. The summed E-state index contributed by atoms with van der Waals surface area (Å²) in [6.07, 6.45) is 0. The van der Waals surface area contributed by atoms with E-state index < -0.39 is 10.1 Å². The first-order valence-electron chi connectivity index (χ1n) is 4.50. The molecule has 0 heterocycles. The van der Waals surface area contributed by atoms with Gasteiger partial charge < -0.3 is 0 Å². The standard InChI is InChI=1S/C10H13ClO3S/c1-7-3-4-9(15(12,13)14)5-10(7)8(2)6-11/h3-5,8H,6H2,1-2H3,(H,12,13,14). The molecule has 0 aromatic heterocycles. The van der Waals surface area contributed by atoms with Crippen molar-refractivity contribution >= 4 is 21.7 Å². The third kappa shape index (κ3) is 2.93. The molecule has 0 amide bonds. The van der Waals surface area contributed by atoms with Crippen molar-refractivity contribution in [1.29, 1.82) is 0 Å². The van der Waals surface area contributed by atoms with Crippen LogP contribution in [-0.4, -0.2) is 18.9 Å². The second kappa shape index (κ2) is 4.51. The summed E-state index contributed by atoms with van der Waals surface area (Å²) in [4.78, 5) is -0.0833. The summed E-state index contributed by atoms with van der Waals surface area (Å²) >= 11 is 5.71. The number of hydrogen-bond donors (Lipinski definition) is 1. The highest BCUT2D eigenvalue weighted by Gasteiger charge is 2.14. The van der Waals surface area contributed by atoms with Crippen molar-refractivity contribution in [2.24, 2.45) is 0 Å². The van der Waals surface area contributed by atoms with E-state index in [1.165, 1.54) is 12.1 Å². The lowest BCUT2D eigenvalue weighted by molar-refractivity contribution is 0.483. The zero-order chi connectivity index (χ0) is 11.6. The van der Waals surface area contributed by atoms with Crippen LogP contribution in [0.15, 0.2) is 23.1 Å². The SMILES string of the molecule is Cc1ccc(S(=O)(=O)O)cc1C(C)CCl. The molecule has 1 atom stereocenters. The lowest BCUT2D eigenvalue weighted by Gasteiger charge is -2.12. The van der Waals surface area contributed by atoms with Crippen LogP contribution < -0.4 is 0 Å². The lowest BCUT2D eigenvalue weighted by atomic mass is 9.98. The predicted octanol–water partition coefficient (Wildman–Crippen LogP) is 2.58. The van der Waals surface area contributed by atoms with E-state index in [0.717, 1.165) is 11.1 Å². The minimum atomic E-state index is -4.13. The van der Waals surface area contributed by atoms with Gasteiger partial charge in [0.05, 0.1) is 4.90 Å². The van der Waals surface area contributed by atoms with Gasteiger partial charge in [0.2, 0.25) is 0 Å². The van der Waals surface area contributed by atoms with Gasteiger partial charge in [0.15, 0.2) is 0 Å². The molecule has 15 heavy (non-hydrogen) atoms. The summed E-state index contributed by atoms with van der Waals surface area (Å²) in [5.41, 5.74) is 1.82. The molecule has 0 spiro atoms. The van der Waals surface area contributed by atoms with Crippen molar-refractivity contribution in [3.05, 3.63) is 29.3 Å². The van der Waals surface area contributed by atoms with Crippen LogP contribution in [0.5, 0.6) is 0 Å². The van der Waals surface area contributed by atoms with Crippen LogP contribution in [0, 0.1) is 6.92 Å². The second-order valence-corrected chi connectivity index (χ2v) is 5.28. The van der Waals surface area contributed by atoms with Gasteiger partial charge >= 0.3 is 0 Å². The van der Waals surface area contributed by atoms with Gasteiger partial charge in [0.1, 0.15) is 0 Å². The smallest absolute Gasteiger partial charge is 0.282 e. The normalized spacial score (nSPS) is 13.9. The van der Waals surface area contributed by atoms with Crippen LogP contribution in [0.25, 0.3) is 0 Å². The fraction of sp³-hybridized carbons (Fsp3) is 0.400. The maximum absolute atomic E-state index is 10.9. The zero-order valence-electron chi connectivity index (χ0n) is 8.57. The zero-order valence-corrected chi connectivity index (χ0v) is 10.1. The molecule has 1 rings (SSSR count). The van der Waals surface area contributed by atoms with E-state index in [1.807, 2.05) is 13.8 Å². The number of rotatable bonds is 3. The third-order valence-electron chi connectivity index (χ3n) is 2.31. The molecule has 0 aliphatic heterocycles. The lowest BCUT2D eigenvalue weighted by Crippen LogP contribution is -2.03. The molecule has 0 aliphatic carbocycles. The highest BCUT2D eigenvalue weighted by Crippen LogP contribution is 2.23. The van der Waals surface area contributed by atoms with Crippen molar-refractivity contribution in [1.82, 2.24) is 0 Å². The monoisotopic (exact) mass is 248 g/mol. The minimum Gasteiger partial charge on any atom is -0.282 e. The van der Waals surface area contributed by atoms with Crippen molar-refractivity contribution in [3.8, 4) is 0 Å². The maximum Gasteiger partial charge on any atom is 0.294 e. The van der Waals surface area contributed by atoms with E-state index in [9.17, 15) is 8.42 Å². The summed E-state index contributed by atoms with van der Waals surface area (Å²) in [6, 6.07) is 4.52. The van der Waals surface area contributed by atoms with Crippen LogP contribution in [0.2, 0.25) is 0 Å². The number of halogens is 1. The Kier molecular flexibility index (Phi) is 3.76. The number of benzene rings is 1. The van der Waals surface area contributed by atoms with E-state index in [0.29, 0.717) is 5.88 Å². The summed E-state index contributed by atoms with van der Waals surface area (Å²) in [5.74, 6) is 0.476. The van der Waals surface area contributed by atoms with Gasteiger partial charge in [-0.1, -0.05) is 13.0 Å². The van der Waals surface area contributed by atoms with Crippen LogP contribution in [0.3, 0.4) is 0 Å². The molecule has 0 saturated carbocycles. The Morgan fingerprint density at radius 2 is 2.07 bits per heavy atom. The van der Waals surface area contributed by atoms with Crippen molar-refractivity contribution in [2.75, 3.05) is 5.88 Å². The molecule has 1 aromatic carbocycles. The van der Waals surface area contributed by atoms with Crippen LogP contribution in [0.1, 0.15) is 24.0 Å². The van der Waals surface area contributed by atoms with Gasteiger partial charge in [-0.05, 0) is 36.1 Å². The summed E-state index contributed by atoms with van der Waals surface area (Å²) in [6.45, 7) is 3.79. The number of alkyl halides is 1. The third-order valence-corrected chi connectivity index (χ3v) is 3.62. The van der Waals surface area contributed by atoms with E-state index in [2.05, 4.69) is 0 Å². The van der Waals surface area contributed by atoms with Gasteiger partial charge in [-0.2, -0.15) is 8.42 Å². The molecule has 1 aromatic rings. The van der Waals surface area contributed by atoms with Gasteiger partial charge in [-0.25, -0.2) is 0 Å². The molecule has 0 bridgehead atoms. The fourth-order valence-corrected chi connectivity index (χ4v) is 2.08. The van der Waals surface area contributed by atoms with Crippen molar-refractivity contribution < 1.29 is 13.0 Å². The molecular formula is C10H13ClO3S. The van der Waals surface area contributed by atoms with E-state index in [1.54, 1.807) is 6.07 Å². The molecular weight excluding hydrogens is 236 g/mol. The van der Waals surface area contributed by atoms with Crippen molar-refractivity contribution in [3.63, 3.8) is 0 Å². The average Bonchev–Trinajstić information content (AvgIpc) is 2.15. The molecule has 0 fully saturated rings. The fourth-order valence-electron chi connectivity index (χ4n) is 1.39. The Labute approximate surface area is 94.8 Å². The van der Waals surface area contributed by atoms with E-state index in [4.69, 9.17) is 16.2 Å². The topological polar surface area (TPSA) is 54.4 Å². The number of aryl methyl sites for hydroxylation is 1. The van der Waals surface area contributed by atoms with Gasteiger partial charge in [-0.15, -0.1) is 11.6 Å². The minimum absolute atomic E-state index is 0.0633. The molecule has 5 heteroatoms. The van der Waals surface area contributed by atoms with Gasteiger partial charge in [0.25, 0.3) is 10.1 Å². The molecule has 3 nitrogen and oxygen atoms in total. The van der Waals surface area contributed by atoms with E-state index >= 15 is 0 Å². The highest BCUT2D eigenvalue weighted by atomic mass is 35.5. The quantitative estimate of drug-likeness (QED) is 0.661. The number of hydrogen-bond acceptors (Lipinski definition) is 2. The maximum atomic E-state index is 10.9. The molecule has 84 valence electrons. The van der Waals surface area contributed by atoms with Gasteiger partial charge in [-0.3, -0.25) is 4.55 Å². The molecule has 0 radical (unpaired) electrons. The Hall–Kier alpha value is -0.580. The molecule has 1 unspecified atom stereocenters. The summed E-state index contributed by atoms with van der Waals surface area (Å²) in [5, 5.41) is 0. The van der Waals surface area contributed by atoms with Gasteiger partial charge in [0, 0.05) is 5.88 Å². The highest BCUT2D eigenvalue weighted by molar-refractivity contribution is 7.85. The van der Waals surface area contributed by atoms with Crippen molar-refractivity contribution in [2.45, 2.75) is 24.7 Å². The molecule has 1 N–H and O–H groups in total. The first-order chi connectivity index (χ1) is 6.86. The summed E-state index contributed by atoms with van der Waals surface area (Å²) < 4.78 is 30.8. The Morgan fingerprint density at radius 3 is 2.53 bits per heavy atom. The second-order valence-electron chi connectivity index (χ2n) is 3.55. The molecule has 0 aliphatic rings. The average molecular weight is 249 g/mol. The molecule has 0 saturated heterocycles. The Morgan fingerprint density at radius 1 is 1.47 bits per heavy atom. The van der Waals surface area contributed by atoms with E-state index in [-0.39, 0.29) is 10.8 Å². The predicted molar refractivity (Wildman–Crippen MR) is 60.1 cm³/mol. The van der Waals surface area contributed by atoms with Crippen LogP contribution in [0.4, 0.5) is 0 Å². The van der Waals surface area contributed by atoms with Crippen LogP contribution >= 0.6 is 11.6 Å². The first kappa shape index (κ1) is 12.5. The Bertz CT molecular complexity index is 454. The Balaban J connectivity index is 3.29. The van der Waals surface area contributed by atoms with Crippen LogP contribution in [-0.2, 0) is 10.1 Å². The largest absolute Gasteiger partial charge is 0.294 e. The first-order valence-corrected chi connectivity index (χ1v) is 6.47.